The number of thioether (sulfide) groups is 1. The van der Waals surface area contributed by atoms with Gasteiger partial charge in [-0.3, -0.25) is 9.69 Å². The molecule has 0 bridgehead atoms. The Morgan fingerprint density at radius 2 is 2.38 bits per heavy atom. The van der Waals surface area contributed by atoms with E-state index >= 15 is 0 Å². The fourth-order valence-corrected chi connectivity index (χ4v) is 2.01. The zero-order valence-corrected chi connectivity index (χ0v) is 8.46. The minimum Gasteiger partial charge on any atom is -0.480 e. The maximum atomic E-state index is 10.8. The van der Waals surface area contributed by atoms with Crippen molar-refractivity contribution < 1.29 is 15.0 Å². The van der Waals surface area contributed by atoms with E-state index in [0.29, 0.717) is 13.0 Å². The van der Waals surface area contributed by atoms with Crippen LogP contribution >= 0.6 is 11.8 Å². The van der Waals surface area contributed by atoms with Gasteiger partial charge in [-0.1, -0.05) is 0 Å². The zero-order chi connectivity index (χ0) is 9.84. The van der Waals surface area contributed by atoms with Crippen molar-refractivity contribution >= 4 is 17.7 Å². The van der Waals surface area contributed by atoms with Crippen LogP contribution < -0.4 is 0 Å². The Hall–Kier alpha value is -0.260. The standard InChI is InChI=1S/C8H15NO3S/c1-13-3-2-9-5-6(10)4-7(9)8(11)12/h6-7,10H,2-5H2,1H3,(H,11,12). The van der Waals surface area contributed by atoms with Crippen LogP contribution in [0.1, 0.15) is 6.42 Å². The first-order chi connectivity index (χ1) is 6.15. The lowest BCUT2D eigenvalue weighted by Gasteiger charge is -2.19. The van der Waals surface area contributed by atoms with Crippen LogP contribution in [0.2, 0.25) is 0 Å². The fraction of sp³-hybridized carbons (Fsp3) is 0.875. The number of β-amino-alcohol motifs (C(OH)–C–C–N with tert-alkyl or cyclic N) is 1. The van der Waals surface area contributed by atoms with Gasteiger partial charge in [-0.15, -0.1) is 0 Å². The molecule has 2 N–H and O–H groups in total. The molecule has 5 heteroatoms. The largest absolute Gasteiger partial charge is 0.480 e. The number of carbonyl (C=O) groups is 1. The quantitative estimate of drug-likeness (QED) is 0.669. The summed E-state index contributed by atoms with van der Waals surface area (Å²) in [4.78, 5) is 12.6. The highest BCUT2D eigenvalue weighted by molar-refractivity contribution is 7.98. The normalized spacial score (nSPS) is 29.4. The van der Waals surface area contributed by atoms with Crippen LogP contribution in [0.4, 0.5) is 0 Å². The Bertz CT molecular complexity index is 188. The third-order valence-corrected chi connectivity index (χ3v) is 2.84. The number of carboxylic acids is 1. The third-order valence-electron chi connectivity index (χ3n) is 2.25. The third kappa shape index (κ3) is 2.86. The summed E-state index contributed by atoms with van der Waals surface area (Å²) in [5.74, 6) is 0.0916. The smallest absolute Gasteiger partial charge is 0.321 e. The molecule has 1 rings (SSSR count). The fourth-order valence-electron chi connectivity index (χ4n) is 1.59. The predicted molar refractivity (Wildman–Crippen MR) is 52.0 cm³/mol. The van der Waals surface area contributed by atoms with Crippen molar-refractivity contribution in [1.29, 1.82) is 0 Å². The van der Waals surface area contributed by atoms with Crippen LogP contribution in [0.5, 0.6) is 0 Å². The molecule has 0 saturated carbocycles. The number of rotatable bonds is 4. The second kappa shape index (κ2) is 4.83. The molecule has 0 spiro atoms. The second-order valence-electron chi connectivity index (χ2n) is 3.23. The van der Waals surface area contributed by atoms with E-state index in [1.54, 1.807) is 11.8 Å². The number of hydrogen-bond acceptors (Lipinski definition) is 4. The molecule has 1 aliphatic rings. The first-order valence-electron chi connectivity index (χ1n) is 4.29. The molecule has 0 amide bonds. The summed E-state index contributed by atoms with van der Waals surface area (Å²) < 4.78 is 0. The molecule has 4 nitrogen and oxygen atoms in total. The molecule has 1 heterocycles. The average Bonchev–Trinajstić information content (AvgIpc) is 2.43. The van der Waals surface area contributed by atoms with E-state index in [0.717, 1.165) is 12.3 Å². The summed E-state index contributed by atoms with van der Waals surface area (Å²) in [6.45, 7) is 1.24. The van der Waals surface area contributed by atoms with E-state index in [-0.39, 0.29) is 0 Å². The number of carboxylic acid groups (broad SMARTS) is 1. The van der Waals surface area contributed by atoms with Gasteiger partial charge in [-0.25, -0.2) is 0 Å². The highest BCUT2D eigenvalue weighted by atomic mass is 32.2. The van der Waals surface area contributed by atoms with E-state index in [4.69, 9.17) is 5.11 Å². The summed E-state index contributed by atoms with van der Waals surface area (Å²) in [5, 5.41) is 18.1. The number of aliphatic hydroxyl groups excluding tert-OH is 1. The molecule has 1 fully saturated rings. The lowest BCUT2D eigenvalue weighted by atomic mass is 10.2. The predicted octanol–water partition coefficient (Wildman–Crippen LogP) is -0.131. The molecule has 0 aromatic carbocycles. The van der Waals surface area contributed by atoms with Gasteiger partial charge in [0.15, 0.2) is 0 Å². The summed E-state index contributed by atoms with van der Waals surface area (Å²) in [6.07, 6.45) is 1.88. The summed E-state index contributed by atoms with van der Waals surface area (Å²) >= 11 is 1.69. The first-order valence-corrected chi connectivity index (χ1v) is 5.68. The number of likely N-dealkylation sites (tertiary alicyclic amines) is 1. The molecule has 0 aromatic rings. The Labute approximate surface area is 81.9 Å². The van der Waals surface area contributed by atoms with Crippen LogP contribution in [0, 0.1) is 0 Å². The topological polar surface area (TPSA) is 60.8 Å². The van der Waals surface area contributed by atoms with Crippen LogP contribution in [-0.2, 0) is 4.79 Å². The number of hydrogen-bond donors (Lipinski definition) is 2. The van der Waals surface area contributed by atoms with Crippen molar-refractivity contribution in [2.24, 2.45) is 0 Å². The van der Waals surface area contributed by atoms with Crippen LogP contribution in [0.15, 0.2) is 0 Å². The van der Waals surface area contributed by atoms with Crippen LogP contribution in [0.3, 0.4) is 0 Å². The van der Waals surface area contributed by atoms with E-state index in [1.807, 2.05) is 11.2 Å². The molecule has 0 radical (unpaired) electrons. The molecule has 2 unspecified atom stereocenters. The molecule has 0 aromatic heterocycles. The summed E-state index contributed by atoms with van der Waals surface area (Å²) in [7, 11) is 0. The van der Waals surface area contributed by atoms with Crippen molar-refractivity contribution in [3.05, 3.63) is 0 Å². The van der Waals surface area contributed by atoms with E-state index in [1.165, 1.54) is 0 Å². The lowest BCUT2D eigenvalue weighted by molar-refractivity contribution is -0.142. The van der Waals surface area contributed by atoms with Gasteiger partial charge in [0.25, 0.3) is 0 Å². The molecule has 2 atom stereocenters. The number of aliphatic carboxylic acids is 1. The molecule has 1 aliphatic heterocycles. The van der Waals surface area contributed by atoms with E-state index in [9.17, 15) is 9.90 Å². The van der Waals surface area contributed by atoms with Crippen molar-refractivity contribution in [3.63, 3.8) is 0 Å². The van der Waals surface area contributed by atoms with Crippen molar-refractivity contribution in [1.82, 2.24) is 4.90 Å². The highest BCUT2D eigenvalue weighted by Crippen LogP contribution is 2.18. The maximum Gasteiger partial charge on any atom is 0.321 e. The molecule has 0 aliphatic carbocycles. The lowest BCUT2D eigenvalue weighted by Crippen LogP contribution is -2.37. The van der Waals surface area contributed by atoms with Gasteiger partial charge in [-0.2, -0.15) is 11.8 Å². The van der Waals surface area contributed by atoms with E-state index < -0.39 is 18.1 Å². The van der Waals surface area contributed by atoms with E-state index in [2.05, 4.69) is 0 Å². The SMILES string of the molecule is CSCCN1CC(O)CC1C(=O)O. The Morgan fingerprint density at radius 1 is 1.69 bits per heavy atom. The first kappa shape index (κ1) is 10.8. The van der Waals surface area contributed by atoms with Gasteiger partial charge < -0.3 is 10.2 Å². The Balaban J connectivity index is 2.45. The zero-order valence-electron chi connectivity index (χ0n) is 7.64. The molecule has 76 valence electrons. The summed E-state index contributed by atoms with van der Waals surface area (Å²) in [5.41, 5.74) is 0. The monoisotopic (exact) mass is 205 g/mol. The van der Waals surface area contributed by atoms with Gasteiger partial charge in [0.05, 0.1) is 6.10 Å². The van der Waals surface area contributed by atoms with Gasteiger partial charge in [0.1, 0.15) is 6.04 Å². The number of aliphatic hydroxyl groups is 1. The van der Waals surface area contributed by atoms with Crippen LogP contribution in [0.25, 0.3) is 0 Å². The van der Waals surface area contributed by atoms with Crippen molar-refractivity contribution in [2.45, 2.75) is 18.6 Å². The average molecular weight is 205 g/mol. The Kier molecular flexibility index (Phi) is 4.02. The van der Waals surface area contributed by atoms with Gasteiger partial charge in [0, 0.05) is 25.3 Å². The van der Waals surface area contributed by atoms with Crippen molar-refractivity contribution in [3.8, 4) is 0 Å². The second-order valence-corrected chi connectivity index (χ2v) is 4.22. The molecular formula is C8H15NO3S. The summed E-state index contributed by atoms with van der Waals surface area (Å²) in [6, 6.07) is -0.484. The maximum absolute atomic E-state index is 10.8. The number of nitrogens with zero attached hydrogens (tertiary/aromatic N) is 1. The van der Waals surface area contributed by atoms with Gasteiger partial charge in [-0.05, 0) is 6.26 Å². The molecule has 1 saturated heterocycles. The minimum absolute atomic E-state index is 0.365. The highest BCUT2D eigenvalue weighted by Gasteiger charge is 2.35. The Morgan fingerprint density at radius 3 is 2.92 bits per heavy atom. The van der Waals surface area contributed by atoms with Gasteiger partial charge in [0.2, 0.25) is 0 Å². The molecular weight excluding hydrogens is 190 g/mol. The van der Waals surface area contributed by atoms with Crippen molar-refractivity contribution in [2.75, 3.05) is 25.1 Å². The van der Waals surface area contributed by atoms with Crippen LogP contribution in [-0.4, -0.2) is 58.3 Å². The van der Waals surface area contributed by atoms with Gasteiger partial charge >= 0.3 is 5.97 Å². The molecule has 13 heavy (non-hydrogen) atoms. The minimum atomic E-state index is -0.822.